The maximum absolute atomic E-state index is 13.0. The summed E-state index contributed by atoms with van der Waals surface area (Å²) in [6, 6.07) is -0.00595. The summed E-state index contributed by atoms with van der Waals surface area (Å²) in [4.78, 5) is 0. The van der Waals surface area contributed by atoms with Crippen molar-refractivity contribution in [3.8, 4) is 0 Å². The molecule has 0 aromatic rings. The van der Waals surface area contributed by atoms with Crippen molar-refractivity contribution in [2.45, 2.75) is 101 Å². The molecule has 8 heteroatoms. The topological polar surface area (TPSA) is 89.0 Å². The van der Waals surface area contributed by atoms with Crippen LogP contribution in [0, 0.1) is 0 Å². The molecule has 2 heterocycles. The molecule has 0 aliphatic carbocycles. The van der Waals surface area contributed by atoms with Crippen LogP contribution in [0.5, 0.6) is 0 Å². The second-order valence-corrected chi connectivity index (χ2v) is 13.1. The average molecular weight is 445 g/mol. The van der Waals surface area contributed by atoms with Gasteiger partial charge in [-0.15, -0.1) is 4.72 Å². The Labute approximate surface area is 182 Å². The zero-order chi connectivity index (χ0) is 21.7. The molecule has 5 atom stereocenters. The van der Waals surface area contributed by atoms with Gasteiger partial charge in [-0.1, -0.05) is 4.40 Å². The molecule has 166 valence electrons. The van der Waals surface area contributed by atoms with Crippen LogP contribution in [0.4, 0.5) is 0 Å². The summed E-state index contributed by atoms with van der Waals surface area (Å²) in [6.07, 6.45) is 11.4. The Morgan fingerprint density at radius 3 is 2.59 bits per heavy atom. The first kappa shape index (κ1) is 24.6. The van der Waals surface area contributed by atoms with E-state index in [4.69, 9.17) is 9.47 Å². The first-order valence-corrected chi connectivity index (χ1v) is 12.5. The van der Waals surface area contributed by atoms with Gasteiger partial charge in [-0.05, 0) is 79.4 Å². The summed E-state index contributed by atoms with van der Waals surface area (Å²) in [5.41, 5.74) is 0. The fourth-order valence-corrected chi connectivity index (χ4v) is 4.66. The summed E-state index contributed by atoms with van der Waals surface area (Å²) in [7, 11) is 0. The van der Waals surface area contributed by atoms with Gasteiger partial charge in [0.25, 0.3) is 0 Å². The van der Waals surface area contributed by atoms with Gasteiger partial charge < -0.3 is 18.6 Å². The first-order valence-electron chi connectivity index (χ1n) is 10.3. The van der Waals surface area contributed by atoms with Crippen LogP contribution >= 0.6 is 0 Å². The Morgan fingerprint density at radius 1 is 1.24 bits per heavy atom. The smallest absolute Gasteiger partial charge is 0.146 e. The van der Waals surface area contributed by atoms with E-state index in [2.05, 4.69) is 15.2 Å². The number of hydrogen-bond acceptors (Lipinski definition) is 6. The summed E-state index contributed by atoms with van der Waals surface area (Å²) in [5, 5.41) is 0. The predicted molar refractivity (Wildman–Crippen MR) is 121 cm³/mol. The van der Waals surface area contributed by atoms with E-state index in [0.717, 1.165) is 31.4 Å². The Hall–Kier alpha value is -0.670. The lowest BCUT2D eigenvalue weighted by atomic mass is 10.0. The van der Waals surface area contributed by atoms with Crippen LogP contribution in [0.3, 0.4) is 0 Å². The molecule has 0 spiro atoms. The second-order valence-electron chi connectivity index (χ2n) is 9.26. The van der Waals surface area contributed by atoms with Crippen LogP contribution in [0.1, 0.15) is 73.6 Å². The summed E-state index contributed by atoms with van der Waals surface area (Å²) >= 11 is -2.55. The molecule has 6 nitrogen and oxygen atoms in total. The van der Waals surface area contributed by atoms with E-state index < -0.39 is 27.5 Å². The fourth-order valence-electron chi connectivity index (χ4n) is 3.02. The summed E-state index contributed by atoms with van der Waals surface area (Å²) in [6.45, 7) is 11.6. The summed E-state index contributed by atoms with van der Waals surface area (Å²) < 4.78 is 43.3. The third-order valence-corrected chi connectivity index (χ3v) is 7.99. The number of hydrogen-bond donors (Lipinski definition) is 1. The molecular weight excluding hydrogens is 408 g/mol. The third kappa shape index (κ3) is 7.83. The van der Waals surface area contributed by atoms with Crippen molar-refractivity contribution in [3.05, 3.63) is 24.2 Å². The van der Waals surface area contributed by atoms with Crippen molar-refractivity contribution in [1.29, 1.82) is 0 Å². The quantitative estimate of drug-likeness (QED) is 0.450. The fraction of sp³-hybridized carbons (Fsp3) is 0.762. The molecule has 0 amide bonds. The minimum atomic E-state index is -1.29. The van der Waals surface area contributed by atoms with Crippen molar-refractivity contribution in [2.24, 2.45) is 4.40 Å². The van der Waals surface area contributed by atoms with E-state index in [9.17, 15) is 9.11 Å². The van der Waals surface area contributed by atoms with Gasteiger partial charge in [0.05, 0.1) is 30.7 Å². The molecule has 0 aromatic carbocycles. The van der Waals surface area contributed by atoms with Gasteiger partial charge in [-0.25, -0.2) is 0 Å². The third-order valence-electron chi connectivity index (χ3n) is 4.89. The lowest BCUT2D eigenvalue weighted by molar-refractivity contribution is 0.0989. The van der Waals surface area contributed by atoms with Crippen molar-refractivity contribution >= 4 is 28.9 Å². The molecule has 2 aliphatic rings. The predicted octanol–water partition coefficient (Wildman–Crippen LogP) is 4.09. The van der Waals surface area contributed by atoms with Crippen LogP contribution in [0.2, 0.25) is 0 Å². The molecule has 0 bridgehead atoms. The molecule has 2 unspecified atom stereocenters. The van der Waals surface area contributed by atoms with Gasteiger partial charge in [-0.3, -0.25) is 0 Å². The van der Waals surface area contributed by atoms with E-state index in [0.29, 0.717) is 6.42 Å². The highest BCUT2D eigenvalue weighted by Gasteiger charge is 2.38. The summed E-state index contributed by atoms with van der Waals surface area (Å²) in [5.74, 6) is 0.818. The lowest BCUT2D eigenvalue weighted by Gasteiger charge is -2.34. The number of nitrogens with zero attached hydrogens (tertiary/aromatic N) is 1. The zero-order valence-electron chi connectivity index (χ0n) is 18.5. The van der Waals surface area contributed by atoms with Crippen LogP contribution in [0.15, 0.2) is 28.6 Å². The number of rotatable bonds is 8. The van der Waals surface area contributed by atoms with Crippen LogP contribution in [0.25, 0.3) is 0 Å². The van der Waals surface area contributed by atoms with Crippen molar-refractivity contribution in [2.75, 3.05) is 0 Å². The SMILES string of the molecule is C[C@@H](N[S+]([O-])C(C)(C)CC1=CCC[C@@H](C=N[S+]([O-])C(C)(C)C)O1)[C@@H]1CCC=CO1. The highest BCUT2D eigenvalue weighted by molar-refractivity contribution is 7.91. The van der Waals surface area contributed by atoms with Gasteiger partial charge in [0.15, 0.2) is 0 Å². The van der Waals surface area contributed by atoms with Crippen molar-refractivity contribution in [1.82, 2.24) is 4.72 Å². The van der Waals surface area contributed by atoms with Gasteiger partial charge in [0.1, 0.15) is 33.1 Å². The number of ether oxygens (including phenoxy) is 2. The van der Waals surface area contributed by atoms with Gasteiger partial charge in [0.2, 0.25) is 0 Å². The molecule has 0 saturated heterocycles. The Kier molecular flexibility index (Phi) is 8.97. The Balaban J connectivity index is 1.88. The standard InChI is InChI=1S/C21H36N2O4S2/c1-16(19-12-7-8-13-26-19)23-29(25)21(5,6)14-17-10-9-11-18(27-17)15-22-28(24)20(2,3)4/h8,10,13,15-16,18-19,23H,7,9,11-12,14H2,1-6H3/t16-,18+,19+,28?,29?/m1/s1. The molecule has 0 radical (unpaired) electrons. The number of allylic oxidation sites excluding steroid dienone is 3. The molecule has 0 fully saturated rings. The second kappa shape index (κ2) is 10.6. The monoisotopic (exact) mass is 444 g/mol. The van der Waals surface area contributed by atoms with Gasteiger partial charge >= 0.3 is 0 Å². The maximum Gasteiger partial charge on any atom is 0.146 e. The normalized spacial score (nSPS) is 26.4. The largest absolute Gasteiger partial charge is 0.598 e. The van der Waals surface area contributed by atoms with Gasteiger partial charge in [-0.2, -0.15) is 0 Å². The van der Waals surface area contributed by atoms with Crippen LogP contribution in [-0.4, -0.2) is 43.1 Å². The van der Waals surface area contributed by atoms with Gasteiger partial charge in [0, 0.05) is 11.4 Å². The van der Waals surface area contributed by atoms with Crippen LogP contribution in [-0.2, 0) is 32.2 Å². The van der Waals surface area contributed by atoms with E-state index in [-0.39, 0.29) is 23.0 Å². The van der Waals surface area contributed by atoms with E-state index in [1.165, 1.54) is 0 Å². The Bertz CT molecular complexity index is 616. The molecule has 2 rings (SSSR count). The highest BCUT2D eigenvalue weighted by atomic mass is 32.2. The molecule has 0 aromatic heterocycles. The van der Waals surface area contributed by atoms with E-state index in [1.54, 1.807) is 12.5 Å². The molecule has 1 N–H and O–H groups in total. The van der Waals surface area contributed by atoms with Crippen LogP contribution < -0.4 is 4.72 Å². The lowest BCUT2D eigenvalue weighted by Crippen LogP contribution is -2.50. The average Bonchev–Trinajstić information content (AvgIpc) is 2.65. The number of nitrogens with one attached hydrogen (secondary N) is 1. The Morgan fingerprint density at radius 2 is 1.97 bits per heavy atom. The molecular formula is C21H36N2O4S2. The van der Waals surface area contributed by atoms with Crippen molar-refractivity contribution in [3.63, 3.8) is 0 Å². The minimum Gasteiger partial charge on any atom is -0.598 e. The van der Waals surface area contributed by atoms with E-state index in [1.807, 2.05) is 47.6 Å². The molecule has 2 aliphatic heterocycles. The first-order chi connectivity index (χ1) is 13.5. The van der Waals surface area contributed by atoms with E-state index >= 15 is 0 Å². The molecule has 0 saturated carbocycles. The molecule has 29 heavy (non-hydrogen) atoms. The minimum absolute atomic E-state index is 0.00595. The highest BCUT2D eigenvalue weighted by Crippen LogP contribution is 2.30. The van der Waals surface area contributed by atoms with Crippen molar-refractivity contribution < 1.29 is 18.6 Å². The zero-order valence-corrected chi connectivity index (χ0v) is 20.1. The maximum atomic E-state index is 13.0.